The van der Waals surface area contributed by atoms with E-state index in [-0.39, 0.29) is 6.42 Å². The summed E-state index contributed by atoms with van der Waals surface area (Å²) in [5.74, 6) is 1.49. The first-order chi connectivity index (χ1) is 13.7. The number of aromatic nitrogens is 3. The molecule has 1 aliphatic heterocycles. The molecule has 0 saturated heterocycles. The predicted molar refractivity (Wildman–Crippen MR) is 115 cm³/mol. The fraction of sp³-hybridized carbons (Fsp3) is 0.381. The van der Waals surface area contributed by atoms with Gasteiger partial charge < -0.3 is 9.84 Å². The third-order valence-corrected chi connectivity index (χ3v) is 5.72. The smallest absolute Gasteiger partial charge is 0.163 e. The van der Waals surface area contributed by atoms with Gasteiger partial charge in [-0.1, -0.05) is 23.7 Å². The zero-order valence-electron chi connectivity index (χ0n) is 16.8. The highest BCUT2D eigenvalue weighted by Gasteiger charge is 2.31. The van der Waals surface area contributed by atoms with Crippen LogP contribution in [0.15, 0.2) is 40.7 Å². The van der Waals surface area contributed by atoms with Crippen LogP contribution in [0.25, 0.3) is 5.00 Å². The number of fused-ring (bicyclic) bond motifs is 3. The second kappa shape index (κ2) is 7.65. The van der Waals surface area contributed by atoms with Crippen LogP contribution in [0.5, 0.6) is 0 Å². The molecule has 6 nitrogen and oxygen atoms in total. The highest BCUT2D eigenvalue weighted by atomic mass is 35.5. The van der Waals surface area contributed by atoms with Crippen LogP contribution < -0.4 is 0 Å². The van der Waals surface area contributed by atoms with Gasteiger partial charge in [0.05, 0.1) is 11.3 Å². The van der Waals surface area contributed by atoms with Crippen molar-refractivity contribution in [2.75, 3.05) is 0 Å². The second-order valence-corrected chi connectivity index (χ2v) is 9.33. The van der Waals surface area contributed by atoms with E-state index < -0.39 is 17.9 Å². The first-order valence-electron chi connectivity index (χ1n) is 9.43. The Morgan fingerprint density at radius 2 is 1.93 bits per heavy atom. The number of rotatable bonds is 4. The van der Waals surface area contributed by atoms with Gasteiger partial charge in [0.1, 0.15) is 16.9 Å². The number of aliphatic hydroxyl groups is 1. The fourth-order valence-electron chi connectivity index (χ4n) is 3.43. The Kier molecular flexibility index (Phi) is 5.33. The van der Waals surface area contributed by atoms with E-state index in [9.17, 15) is 5.11 Å². The minimum atomic E-state index is -0.975. The minimum absolute atomic E-state index is 0.279. The van der Waals surface area contributed by atoms with Crippen molar-refractivity contribution in [3.63, 3.8) is 0 Å². The van der Waals surface area contributed by atoms with E-state index in [4.69, 9.17) is 21.3 Å². The lowest BCUT2D eigenvalue weighted by atomic mass is 10.0. The highest BCUT2D eigenvalue weighted by molar-refractivity contribution is 7.13. The highest BCUT2D eigenvalue weighted by Crippen LogP contribution is 2.36. The van der Waals surface area contributed by atoms with Gasteiger partial charge in [-0.15, -0.1) is 21.5 Å². The van der Waals surface area contributed by atoms with Crippen LogP contribution in [-0.4, -0.2) is 37.5 Å². The van der Waals surface area contributed by atoms with E-state index >= 15 is 0 Å². The lowest BCUT2D eigenvalue weighted by Crippen LogP contribution is -2.28. The van der Waals surface area contributed by atoms with Gasteiger partial charge in [0.2, 0.25) is 0 Å². The molecule has 4 rings (SSSR count). The monoisotopic (exact) mass is 430 g/mol. The molecule has 0 radical (unpaired) electrons. The van der Waals surface area contributed by atoms with Crippen LogP contribution in [0, 0.1) is 6.92 Å². The van der Waals surface area contributed by atoms with E-state index in [0.717, 1.165) is 27.7 Å². The van der Waals surface area contributed by atoms with Gasteiger partial charge in [-0.2, -0.15) is 0 Å². The molecule has 3 aromatic rings. The Bertz CT molecular complexity index is 1050. The van der Waals surface area contributed by atoms with Gasteiger partial charge in [-0.25, -0.2) is 0 Å². The van der Waals surface area contributed by atoms with Crippen LogP contribution in [-0.2, 0) is 4.74 Å². The average molecular weight is 431 g/mol. The third kappa shape index (κ3) is 4.14. The molecule has 2 aromatic heterocycles. The maximum absolute atomic E-state index is 10.6. The predicted octanol–water partition coefficient (Wildman–Crippen LogP) is 4.71. The third-order valence-electron chi connectivity index (χ3n) is 4.57. The fourth-order valence-corrected chi connectivity index (χ4v) is 4.51. The molecule has 3 heterocycles. The summed E-state index contributed by atoms with van der Waals surface area (Å²) < 4.78 is 7.76. The first kappa shape index (κ1) is 20.2. The molecular weight excluding hydrogens is 408 g/mol. The molecule has 0 saturated carbocycles. The van der Waals surface area contributed by atoms with Crippen molar-refractivity contribution in [1.82, 2.24) is 14.8 Å². The lowest BCUT2D eigenvalue weighted by Gasteiger charge is -2.25. The standard InChI is InChI=1S/C21H23ClN4O2S/c1-12-24-25-19-16(11-17(27)28-21(2,3)4)23-18(13-5-7-14(22)8-6-13)15-9-10-29-20(15)26(12)19/h5-10,16-17,27H,11H2,1-4H3/t16-,17?/m0/s1. The van der Waals surface area contributed by atoms with Crippen LogP contribution in [0.3, 0.4) is 0 Å². The topological polar surface area (TPSA) is 72.5 Å². The molecule has 0 spiro atoms. The number of hydrogen-bond acceptors (Lipinski definition) is 6. The molecule has 0 amide bonds. The second-order valence-electron chi connectivity index (χ2n) is 8.00. The van der Waals surface area contributed by atoms with E-state index in [0.29, 0.717) is 10.8 Å². The molecule has 152 valence electrons. The van der Waals surface area contributed by atoms with Crippen molar-refractivity contribution in [2.45, 2.75) is 52.0 Å². The zero-order chi connectivity index (χ0) is 20.8. The van der Waals surface area contributed by atoms with E-state index in [1.54, 1.807) is 11.3 Å². The summed E-state index contributed by atoms with van der Waals surface area (Å²) in [5, 5.41) is 23.0. The SMILES string of the molecule is Cc1nnc2n1-c1sccc1C(c1ccc(Cl)cc1)=N[C@H]2CC(O)OC(C)(C)C. The van der Waals surface area contributed by atoms with Crippen molar-refractivity contribution in [3.05, 3.63) is 63.5 Å². The number of hydrogen-bond donors (Lipinski definition) is 1. The van der Waals surface area contributed by atoms with E-state index in [2.05, 4.69) is 16.3 Å². The van der Waals surface area contributed by atoms with E-state index in [1.807, 2.05) is 61.9 Å². The molecule has 1 unspecified atom stereocenters. The number of aliphatic imine (C=N–C) groups is 1. The molecule has 0 fully saturated rings. The Morgan fingerprint density at radius 3 is 2.62 bits per heavy atom. The normalized spacial score (nSPS) is 17.3. The summed E-state index contributed by atoms with van der Waals surface area (Å²) in [6, 6.07) is 9.28. The minimum Gasteiger partial charge on any atom is -0.368 e. The Labute approximate surface area is 178 Å². The van der Waals surface area contributed by atoms with Crippen LogP contribution in [0.4, 0.5) is 0 Å². The van der Waals surface area contributed by atoms with Gasteiger partial charge in [-0.05, 0) is 51.3 Å². The summed E-state index contributed by atoms with van der Waals surface area (Å²) in [5.41, 5.74) is 2.35. The number of benzene rings is 1. The molecular formula is C21H23ClN4O2S. The summed E-state index contributed by atoms with van der Waals surface area (Å²) in [6.07, 6.45) is -0.696. The molecule has 29 heavy (non-hydrogen) atoms. The Hall–Kier alpha value is -2.06. The van der Waals surface area contributed by atoms with Gasteiger partial charge in [-0.3, -0.25) is 9.56 Å². The maximum Gasteiger partial charge on any atom is 0.163 e. The maximum atomic E-state index is 10.6. The van der Waals surface area contributed by atoms with E-state index in [1.165, 1.54) is 0 Å². The molecule has 1 aliphatic rings. The molecule has 0 bridgehead atoms. The number of halogens is 1. The molecule has 0 aliphatic carbocycles. The van der Waals surface area contributed by atoms with Gasteiger partial charge in [0, 0.05) is 22.6 Å². The van der Waals surface area contributed by atoms with Gasteiger partial charge in [0.15, 0.2) is 12.1 Å². The van der Waals surface area contributed by atoms with Crippen LogP contribution >= 0.6 is 22.9 Å². The Balaban J connectivity index is 1.82. The number of aryl methyl sites for hydroxylation is 1. The van der Waals surface area contributed by atoms with Crippen molar-refractivity contribution >= 4 is 28.6 Å². The van der Waals surface area contributed by atoms with Crippen molar-refractivity contribution in [3.8, 4) is 5.00 Å². The number of ether oxygens (including phenoxy) is 1. The molecule has 1 aromatic carbocycles. The van der Waals surface area contributed by atoms with Crippen molar-refractivity contribution in [1.29, 1.82) is 0 Å². The molecule has 1 N–H and O–H groups in total. The quantitative estimate of drug-likeness (QED) is 0.608. The summed E-state index contributed by atoms with van der Waals surface area (Å²) in [4.78, 5) is 5.03. The van der Waals surface area contributed by atoms with Crippen molar-refractivity contribution < 1.29 is 9.84 Å². The van der Waals surface area contributed by atoms with Crippen LogP contribution in [0.1, 0.15) is 56.0 Å². The molecule has 8 heteroatoms. The Morgan fingerprint density at radius 1 is 1.21 bits per heavy atom. The molecule has 2 atom stereocenters. The van der Waals surface area contributed by atoms with Gasteiger partial charge >= 0.3 is 0 Å². The zero-order valence-corrected chi connectivity index (χ0v) is 18.3. The summed E-state index contributed by atoms with van der Waals surface area (Å²) in [6.45, 7) is 7.66. The summed E-state index contributed by atoms with van der Waals surface area (Å²) in [7, 11) is 0. The van der Waals surface area contributed by atoms with Crippen molar-refractivity contribution in [2.24, 2.45) is 4.99 Å². The first-order valence-corrected chi connectivity index (χ1v) is 10.7. The number of thiophene rings is 1. The number of aliphatic hydroxyl groups excluding tert-OH is 1. The van der Waals surface area contributed by atoms with Crippen LogP contribution in [0.2, 0.25) is 5.02 Å². The largest absolute Gasteiger partial charge is 0.368 e. The number of nitrogens with zero attached hydrogens (tertiary/aromatic N) is 4. The average Bonchev–Trinajstić information content (AvgIpc) is 3.21. The summed E-state index contributed by atoms with van der Waals surface area (Å²) >= 11 is 7.70. The lowest BCUT2D eigenvalue weighted by molar-refractivity contribution is -0.170. The van der Waals surface area contributed by atoms with Gasteiger partial charge in [0.25, 0.3) is 0 Å².